The van der Waals surface area contributed by atoms with Gasteiger partial charge in [-0.3, -0.25) is 9.89 Å². The molecular weight excluding hydrogens is 320 g/mol. The van der Waals surface area contributed by atoms with Gasteiger partial charge in [0.1, 0.15) is 12.4 Å². The quantitative estimate of drug-likeness (QED) is 0.237. The molecular formula is C23H44N2O. The highest BCUT2D eigenvalue weighted by Gasteiger charge is 2.23. The van der Waals surface area contributed by atoms with E-state index >= 15 is 0 Å². The van der Waals surface area contributed by atoms with Crippen molar-refractivity contribution in [2.24, 2.45) is 4.99 Å². The minimum absolute atomic E-state index is 0.216. The van der Waals surface area contributed by atoms with Crippen LogP contribution in [0.4, 0.5) is 0 Å². The zero-order valence-corrected chi connectivity index (χ0v) is 17.5. The van der Waals surface area contributed by atoms with E-state index in [1.54, 1.807) is 0 Å². The van der Waals surface area contributed by atoms with Crippen LogP contribution in [0, 0.1) is 0 Å². The lowest BCUT2D eigenvalue weighted by Crippen LogP contribution is -2.37. The molecule has 26 heavy (non-hydrogen) atoms. The van der Waals surface area contributed by atoms with Gasteiger partial charge in [-0.05, 0) is 45.4 Å². The van der Waals surface area contributed by atoms with Gasteiger partial charge in [0, 0.05) is 12.8 Å². The summed E-state index contributed by atoms with van der Waals surface area (Å²) in [7, 11) is 0. The van der Waals surface area contributed by atoms with Crippen LogP contribution in [-0.4, -0.2) is 35.2 Å². The van der Waals surface area contributed by atoms with E-state index in [0.29, 0.717) is 0 Å². The Bertz CT molecular complexity index is 365. The van der Waals surface area contributed by atoms with E-state index in [-0.39, 0.29) is 12.4 Å². The van der Waals surface area contributed by atoms with Crippen LogP contribution < -0.4 is 0 Å². The van der Waals surface area contributed by atoms with Gasteiger partial charge < -0.3 is 5.11 Å². The van der Waals surface area contributed by atoms with Crippen LogP contribution in [0.15, 0.2) is 17.1 Å². The number of unbranched alkanes of at least 4 members (excludes halogenated alkanes) is 12. The number of aliphatic hydroxyl groups is 1. The Kier molecular flexibility index (Phi) is 14.8. The first-order valence-electron chi connectivity index (χ1n) is 11.4. The maximum atomic E-state index is 9.70. The molecule has 0 aliphatic carbocycles. The van der Waals surface area contributed by atoms with Crippen molar-refractivity contribution in [2.45, 2.75) is 123 Å². The fourth-order valence-corrected chi connectivity index (χ4v) is 3.69. The topological polar surface area (TPSA) is 35.8 Å². The number of allylic oxidation sites excluding steroid dienone is 2. The highest BCUT2D eigenvalue weighted by atomic mass is 16.3. The monoisotopic (exact) mass is 364 g/mol. The summed E-state index contributed by atoms with van der Waals surface area (Å²) in [5.74, 6) is 0. The molecule has 0 saturated carbocycles. The summed E-state index contributed by atoms with van der Waals surface area (Å²) < 4.78 is 0. The summed E-state index contributed by atoms with van der Waals surface area (Å²) in [4.78, 5) is 6.55. The second-order valence-corrected chi connectivity index (χ2v) is 7.87. The predicted octanol–water partition coefficient (Wildman–Crippen LogP) is 6.46. The van der Waals surface area contributed by atoms with Crippen molar-refractivity contribution in [3.63, 3.8) is 0 Å². The standard InChI is InChI=1S/C23H44N2O/c1-3-4-5-6-7-8-9-10-11-12-13-14-15-16-17-18-19-23-24-20-21-25(23)22(2)26/h9-10,20,22-23,26H,3-8,11-19,21H2,1-2H3/b10-9+. The van der Waals surface area contributed by atoms with Crippen molar-refractivity contribution in [1.82, 2.24) is 4.90 Å². The first-order valence-corrected chi connectivity index (χ1v) is 11.4. The molecule has 0 fully saturated rings. The molecule has 1 heterocycles. The van der Waals surface area contributed by atoms with Crippen LogP contribution in [0.25, 0.3) is 0 Å². The lowest BCUT2D eigenvalue weighted by atomic mass is 10.1. The molecule has 2 atom stereocenters. The van der Waals surface area contributed by atoms with Crippen LogP contribution in [0.3, 0.4) is 0 Å². The van der Waals surface area contributed by atoms with Crippen molar-refractivity contribution < 1.29 is 5.11 Å². The molecule has 1 N–H and O–H groups in total. The van der Waals surface area contributed by atoms with Gasteiger partial charge in [0.25, 0.3) is 0 Å². The lowest BCUT2D eigenvalue weighted by molar-refractivity contribution is 0.00710. The Morgan fingerprint density at radius 3 is 2.04 bits per heavy atom. The summed E-state index contributed by atoms with van der Waals surface area (Å²) >= 11 is 0. The molecule has 0 saturated heterocycles. The Morgan fingerprint density at radius 2 is 1.46 bits per heavy atom. The maximum Gasteiger partial charge on any atom is 0.106 e. The molecule has 0 aromatic carbocycles. The first-order chi connectivity index (χ1) is 12.8. The van der Waals surface area contributed by atoms with E-state index in [4.69, 9.17) is 0 Å². The molecule has 0 bridgehead atoms. The van der Waals surface area contributed by atoms with Crippen molar-refractivity contribution in [3.05, 3.63) is 12.2 Å². The normalized spacial score (nSPS) is 19.0. The Morgan fingerprint density at radius 1 is 0.923 bits per heavy atom. The molecule has 0 aromatic heterocycles. The van der Waals surface area contributed by atoms with E-state index in [1.807, 2.05) is 13.1 Å². The van der Waals surface area contributed by atoms with Gasteiger partial charge in [0.2, 0.25) is 0 Å². The second-order valence-electron chi connectivity index (χ2n) is 7.87. The molecule has 0 radical (unpaired) electrons. The van der Waals surface area contributed by atoms with Crippen molar-refractivity contribution in [1.29, 1.82) is 0 Å². The summed E-state index contributed by atoms with van der Waals surface area (Å²) in [6.45, 7) is 4.91. The van der Waals surface area contributed by atoms with Gasteiger partial charge in [-0.1, -0.05) is 76.9 Å². The molecule has 3 nitrogen and oxygen atoms in total. The summed E-state index contributed by atoms with van der Waals surface area (Å²) in [6, 6.07) is 0. The van der Waals surface area contributed by atoms with Gasteiger partial charge in [0.15, 0.2) is 0 Å². The van der Waals surface area contributed by atoms with Crippen molar-refractivity contribution in [2.75, 3.05) is 6.54 Å². The molecule has 1 rings (SSSR count). The number of aliphatic imine (C=N–C) groups is 1. The van der Waals surface area contributed by atoms with Gasteiger partial charge >= 0.3 is 0 Å². The third-order valence-electron chi connectivity index (χ3n) is 5.41. The van der Waals surface area contributed by atoms with E-state index in [0.717, 1.165) is 13.0 Å². The molecule has 1 aliphatic heterocycles. The zero-order chi connectivity index (χ0) is 18.9. The fraction of sp³-hybridized carbons (Fsp3) is 0.870. The fourth-order valence-electron chi connectivity index (χ4n) is 3.69. The van der Waals surface area contributed by atoms with Gasteiger partial charge in [0.05, 0.1) is 0 Å². The number of hydrogen-bond acceptors (Lipinski definition) is 3. The van der Waals surface area contributed by atoms with E-state index in [2.05, 4.69) is 29.0 Å². The van der Waals surface area contributed by atoms with Gasteiger partial charge in [-0.2, -0.15) is 0 Å². The van der Waals surface area contributed by atoms with Gasteiger partial charge in [-0.25, -0.2) is 0 Å². The molecule has 3 heteroatoms. The zero-order valence-electron chi connectivity index (χ0n) is 17.5. The highest BCUT2D eigenvalue weighted by Crippen LogP contribution is 2.18. The van der Waals surface area contributed by atoms with Crippen molar-refractivity contribution in [3.8, 4) is 0 Å². The third-order valence-corrected chi connectivity index (χ3v) is 5.41. The minimum atomic E-state index is -0.377. The third kappa shape index (κ3) is 11.9. The Labute approximate surface area is 163 Å². The Balaban J connectivity index is 1.80. The summed E-state index contributed by atoms with van der Waals surface area (Å²) in [6.07, 6.45) is 26.5. The van der Waals surface area contributed by atoms with E-state index < -0.39 is 0 Å². The number of hydrogen-bond donors (Lipinski definition) is 1. The summed E-state index contributed by atoms with van der Waals surface area (Å²) in [5, 5.41) is 9.70. The molecule has 0 spiro atoms. The van der Waals surface area contributed by atoms with Crippen LogP contribution in [-0.2, 0) is 0 Å². The number of nitrogens with zero attached hydrogens (tertiary/aromatic N) is 2. The maximum absolute atomic E-state index is 9.70. The average Bonchev–Trinajstić information content (AvgIpc) is 3.10. The molecule has 152 valence electrons. The van der Waals surface area contributed by atoms with Crippen LogP contribution in [0.1, 0.15) is 110 Å². The highest BCUT2D eigenvalue weighted by molar-refractivity contribution is 5.62. The van der Waals surface area contributed by atoms with Crippen LogP contribution >= 0.6 is 0 Å². The average molecular weight is 365 g/mol. The second kappa shape index (κ2) is 16.5. The molecule has 0 amide bonds. The van der Waals surface area contributed by atoms with E-state index in [9.17, 15) is 5.11 Å². The molecule has 1 aliphatic rings. The Hall–Kier alpha value is -0.670. The van der Waals surface area contributed by atoms with E-state index in [1.165, 1.54) is 89.9 Å². The van der Waals surface area contributed by atoms with Gasteiger partial charge in [-0.15, -0.1) is 0 Å². The smallest absolute Gasteiger partial charge is 0.106 e. The first kappa shape index (κ1) is 23.4. The predicted molar refractivity (Wildman–Crippen MR) is 115 cm³/mol. The lowest BCUT2D eigenvalue weighted by Gasteiger charge is -2.25. The summed E-state index contributed by atoms with van der Waals surface area (Å²) in [5.41, 5.74) is 0. The van der Waals surface area contributed by atoms with Crippen LogP contribution in [0.5, 0.6) is 0 Å². The molecule has 0 aromatic rings. The number of rotatable bonds is 17. The number of aliphatic hydroxyl groups excluding tert-OH is 1. The largest absolute Gasteiger partial charge is 0.379 e. The van der Waals surface area contributed by atoms with Crippen molar-refractivity contribution >= 4 is 6.21 Å². The molecule has 2 unspecified atom stereocenters. The van der Waals surface area contributed by atoms with Crippen LogP contribution in [0.2, 0.25) is 0 Å². The minimum Gasteiger partial charge on any atom is -0.379 e. The SMILES string of the molecule is CCCCCCC/C=C/CCCCCCCCCC1N=CCN1C(C)O.